The van der Waals surface area contributed by atoms with Gasteiger partial charge in [0.2, 0.25) is 5.13 Å². The predicted molar refractivity (Wildman–Crippen MR) is 107 cm³/mol. The molecular weight excluding hydrogens is 382 g/mol. The number of nitrogens with zero attached hydrogens (tertiary/aromatic N) is 3. The van der Waals surface area contributed by atoms with E-state index in [1.165, 1.54) is 15.6 Å². The highest BCUT2D eigenvalue weighted by Gasteiger charge is 2.27. The molecule has 8 heteroatoms. The monoisotopic (exact) mass is 401 g/mol. The van der Waals surface area contributed by atoms with Crippen LogP contribution < -0.4 is 4.31 Å². The molecule has 0 spiro atoms. The van der Waals surface area contributed by atoms with Crippen LogP contribution in [-0.4, -0.2) is 31.4 Å². The van der Waals surface area contributed by atoms with E-state index in [4.69, 9.17) is 0 Å². The van der Waals surface area contributed by atoms with Crippen LogP contribution in [0.1, 0.15) is 30.1 Å². The molecule has 0 saturated heterocycles. The summed E-state index contributed by atoms with van der Waals surface area (Å²) in [7, 11) is -3.71. The Balaban J connectivity index is 1.96. The summed E-state index contributed by atoms with van der Waals surface area (Å²) >= 11 is 1.22. The van der Waals surface area contributed by atoms with Gasteiger partial charge in [-0.15, -0.1) is 10.2 Å². The summed E-state index contributed by atoms with van der Waals surface area (Å²) in [6.07, 6.45) is 2.35. The molecule has 0 aliphatic carbocycles. The van der Waals surface area contributed by atoms with Gasteiger partial charge in [-0.3, -0.25) is 4.79 Å². The molecule has 6 nitrogen and oxygen atoms in total. The number of aromatic nitrogens is 2. The average molecular weight is 402 g/mol. The summed E-state index contributed by atoms with van der Waals surface area (Å²) in [5, 5.41) is 9.22. The smallest absolute Gasteiger partial charge is 0.266 e. The zero-order chi connectivity index (χ0) is 19.3. The maximum Gasteiger partial charge on any atom is 0.266 e. The highest BCUT2D eigenvalue weighted by atomic mass is 32.2. The molecule has 27 heavy (non-hydrogen) atoms. The number of anilines is 1. The lowest BCUT2D eigenvalue weighted by atomic mass is 10.2. The first kappa shape index (κ1) is 19.2. The lowest BCUT2D eigenvalue weighted by Gasteiger charge is -2.20. The van der Waals surface area contributed by atoms with Crippen molar-refractivity contribution in [2.75, 3.05) is 10.8 Å². The number of sulfonamides is 1. The third-order valence-corrected chi connectivity index (χ3v) is 6.88. The highest BCUT2D eigenvalue weighted by Crippen LogP contribution is 2.32. The molecule has 0 aliphatic rings. The third-order valence-electron chi connectivity index (χ3n) is 3.97. The van der Waals surface area contributed by atoms with Gasteiger partial charge in [0, 0.05) is 17.7 Å². The van der Waals surface area contributed by atoms with Gasteiger partial charge < -0.3 is 0 Å². The van der Waals surface area contributed by atoms with E-state index in [-0.39, 0.29) is 4.90 Å². The summed E-state index contributed by atoms with van der Waals surface area (Å²) in [5.74, 6) is 0. The Kier molecular flexibility index (Phi) is 5.98. The van der Waals surface area contributed by atoms with Crippen LogP contribution in [-0.2, 0) is 10.0 Å². The molecule has 3 rings (SSSR count). The molecule has 2 aromatic carbocycles. The largest absolute Gasteiger partial charge is 0.298 e. The van der Waals surface area contributed by atoms with Crippen LogP contribution in [0.2, 0.25) is 0 Å². The Morgan fingerprint density at radius 1 is 1.04 bits per heavy atom. The first-order valence-corrected chi connectivity index (χ1v) is 10.8. The van der Waals surface area contributed by atoms with Crippen molar-refractivity contribution in [3.8, 4) is 10.6 Å². The van der Waals surface area contributed by atoms with Gasteiger partial charge in [-0.05, 0) is 18.6 Å². The molecule has 0 aliphatic heterocycles. The van der Waals surface area contributed by atoms with Crippen molar-refractivity contribution in [2.24, 2.45) is 0 Å². The van der Waals surface area contributed by atoms with Crippen molar-refractivity contribution in [1.82, 2.24) is 10.2 Å². The van der Waals surface area contributed by atoms with E-state index in [0.29, 0.717) is 22.2 Å². The number of rotatable bonds is 8. The van der Waals surface area contributed by atoms with Crippen molar-refractivity contribution in [2.45, 2.75) is 24.7 Å². The van der Waals surface area contributed by atoms with Crippen molar-refractivity contribution in [1.29, 1.82) is 0 Å². The molecule has 3 aromatic rings. The van der Waals surface area contributed by atoms with E-state index >= 15 is 0 Å². The second-order valence-electron chi connectivity index (χ2n) is 5.87. The normalized spacial score (nSPS) is 11.3. The number of unbranched alkanes of at least 4 members (excludes halogenated alkanes) is 1. The third kappa shape index (κ3) is 4.23. The lowest BCUT2D eigenvalue weighted by molar-refractivity contribution is 0.112. The van der Waals surface area contributed by atoms with Gasteiger partial charge in [0.25, 0.3) is 10.0 Å². The van der Waals surface area contributed by atoms with E-state index in [2.05, 4.69) is 10.2 Å². The molecule has 140 valence electrons. The number of carbonyl (C=O) groups excluding carboxylic acids is 1. The zero-order valence-electron chi connectivity index (χ0n) is 14.8. The molecule has 0 fully saturated rings. The van der Waals surface area contributed by atoms with Gasteiger partial charge >= 0.3 is 0 Å². The van der Waals surface area contributed by atoms with Gasteiger partial charge in [-0.25, -0.2) is 12.7 Å². The summed E-state index contributed by atoms with van der Waals surface area (Å²) in [5.41, 5.74) is 1.36. The first-order valence-electron chi connectivity index (χ1n) is 8.53. The standard InChI is InChI=1S/C19H19N3O3S2/c1-2-3-13-22(27(24,25)17-7-5-4-6-8-17)19-21-20-18(26-19)16-11-9-15(14-23)10-12-16/h4-12,14H,2-3,13H2,1H3. The van der Waals surface area contributed by atoms with Gasteiger partial charge in [0.1, 0.15) is 11.3 Å². The van der Waals surface area contributed by atoms with E-state index < -0.39 is 10.0 Å². The van der Waals surface area contributed by atoms with Crippen molar-refractivity contribution < 1.29 is 13.2 Å². The molecule has 1 aromatic heterocycles. The molecule has 1 heterocycles. The van der Waals surface area contributed by atoms with Crippen molar-refractivity contribution in [3.63, 3.8) is 0 Å². The summed E-state index contributed by atoms with van der Waals surface area (Å²) in [6, 6.07) is 15.3. The highest BCUT2D eigenvalue weighted by molar-refractivity contribution is 7.93. The fraction of sp³-hybridized carbons (Fsp3) is 0.211. The maximum absolute atomic E-state index is 13.1. The Labute approximate surface area is 162 Å². The SMILES string of the molecule is CCCCN(c1nnc(-c2ccc(C=O)cc2)s1)S(=O)(=O)c1ccccc1. The minimum Gasteiger partial charge on any atom is -0.298 e. The Hall–Kier alpha value is -2.58. The number of benzene rings is 2. The minimum absolute atomic E-state index is 0.230. The van der Waals surface area contributed by atoms with Crippen molar-refractivity contribution >= 4 is 32.8 Å². The fourth-order valence-electron chi connectivity index (χ4n) is 2.48. The predicted octanol–water partition coefficient (Wildman–Crippen LogP) is 4.01. The van der Waals surface area contributed by atoms with Gasteiger partial charge in [0.15, 0.2) is 0 Å². The molecule has 0 radical (unpaired) electrons. The Bertz CT molecular complexity index is 1000. The number of hydrogen-bond donors (Lipinski definition) is 0. The van der Waals surface area contributed by atoms with Crippen LogP contribution in [0.25, 0.3) is 10.6 Å². The number of hydrogen-bond acceptors (Lipinski definition) is 6. The zero-order valence-corrected chi connectivity index (χ0v) is 16.4. The topological polar surface area (TPSA) is 80.2 Å². The quantitative estimate of drug-likeness (QED) is 0.533. The number of aldehydes is 1. The maximum atomic E-state index is 13.1. The molecule has 0 N–H and O–H groups in total. The summed E-state index contributed by atoms with van der Waals surface area (Å²) in [4.78, 5) is 11.0. The molecule has 0 bridgehead atoms. The van der Waals surface area contributed by atoms with Crippen LogP contribution >= 0.6 is 11.3 Å². The fourth-order valence-corrected chi connectivity index (χ4v) is 5.03. The molecule has 0 atom stereocenters. The molecule has 0 saturated carbocycles. The van der Waals surface area contributed by atoms with Gasteiger partial charge in [-0.1, -0.05) is 67.1 Å². The molecule has 0 amide bonds. The Morgan fingerprint density at radius 2 is 1.74 bits per heavy atom. The summed E-state index contributed by atoms with van der Waals surface area (Å²) in [6.45, 7) is 2.35. The second kappa shape index (κ2) is 8.41. The van der Waals surface area contributed by atoms with Crippen LogP contribution in [0.5, 0.6) is 0 Å². The lowest BCUT2D eigenvalue weighted by Crippen LogP contribution is -2.32. The van der Waals surface area contributed by atoms with Gasteiger partial charge in [-0.2, -0.15) is 0 Å². The van der Waals surface area contributed by atoms with E-state index in [9.17, 15) is 13.2 Å². The second-order valence-corrected chi connectivity index (χ2v) is 8.69. The van der Waals surface area contributed by atoms with Crippen LogP contribution in [0.4, 0.5) is 5.13 Å². The number of carbonyl (C=O) groups is 1. The van der Waals surface area contributed by atoms with Crippen LogP contribution in [0.15, 0.2) is 59.5 Å². The summed E-state index contributed by atoms with van der Waals surface area (Å²) < 4.78 is 27.5. The molecule has 0 unspecified atom stereocenters. The van der Waals surface area contributed by atoms with E-state index in [1.54, 1.807) is 54.6 Å². The first-order chi connectivity index (χ1) is 13.1. The van der Waals surface area contributed by atoms with E-state index in [1.807, 2.05) is 6.92 Å². The van der Waals surface area contributed by atoms with Crippen molar-refractivity contribution in [3.05, 3.63) is 60.2 Å². The van der Waals surface area contributed by atoms with Crippen LogP contribution in [0.3, 0.4) is 0 Å². The Morgan fingerprint density at radius 3 is 2.37 bits per heavy atom. The average Bonchev–Trinajstić information content (AvgIpc) is 3.18. The van der Waals surface area contributed by atoms with Gasteiger partial charge in [0.05, 0.1) is 4.90 Å². The minimum atomic E-state index is -3.71. The molecular formula is C19H19N3O3S2. The van der Waals surface area contributed by atoms with Crippen LogP contribution in [0, 0.1) is 0 Å². The van der Waals surface area contributed by atoms with E-state index in [0.717, 1.165) is 24.7 Å².